The molecular weight excluding hydrogens is 470 g/mol. The molecule has 37 heavy (non-hydrogen) atoms. The number of nitrogens with two attached hydrogens (primary N) is 1. The maximum absolute atomic E-state index is 12.5. The van der Waals surface area contributed by atoms with Crippen molar-refractivity contribution >= 4 is 12.0 Å². The second-order valence-corrected chi connectivity index (χ2v) is 10.7. The van der Waals surface area contributed by atoms with E-state index in [2.05, 4.69) is 15.3 Å². The zero-order valence-electron chi connectivity index (χ0n) is 22.5. The van der Waals surface area contributed by atoms with Crippen LogP contribution in [-0.4, -0.2) is 58.2 Å². The van der Waals surface area contributed by atoms with Crippen LogP contribution in [0.15, 0.2) is 36.8 Å². The zero-order chi connectivity index (χ0) is 26.8. The van der Waals surface area contributed by atoms with E-state index in [4.69, 9.17) is 15.2 Å². The number of aryl methyl sites for hydroxylation is 2. The Labute approximate surface area is 220 Å². The molecule has 1 aliphatic rings. The summed E-state index contributed by atoms with van der Waals surface area (Å²) < 4.78 is 11.6. The van der Waals surface area contributed by atoms with Crippen LogP contribution < -0.4 is 15.8 Å². The number of nitrogens with one attached hydrogen (secondary N) is 1. The van der Waals surface area contributed by atoms with Gasteiger partial charge in [-0.3, -0.25) is 14.8 Å². The average molecular weight is 512 g/mol. The van der Waals surface area contributed by atoms with Gasteiger partial charge < -0.3 is 25.4 Å². The molecule has 3 rings (SSSR count). The number of aromatic nitrogens is 2. The number of carbonyl (C=O) groups is 2. The van der Waals surface area contributed by atoms with Crippen LogP contribution in [0.5, 0.6) is 5.75 Å². The van der Waals surface area contributed by atoms with Gasteiger partial charge in [0, 0.05) is 38.2 Å². The van der Waals surface area contributed by atoms with E-state index in [-0.39, 0.29) is 12.0 Å². The third-order valence-electron chi connectivity index (χ3n) is 6.40. The van der Waals surface area contributed by atoms with E-state index in [9.17, 15) is 9.59 Å². The van der Waals surface area contributed by atoms with E-state index in [0.717, 1.165) is 48.4 Å². The van der Waals surface area contributed by atoms with Gasteiger partial charge in [-0.2, -0.15) is 0 Å². The summed E-state index contributed by atoms with van der Waals surface area (Å²) in [6.45, 7) is 10.0. The van der Waals surface area contributed by atoms with Crippen molar-refractivity contribution in [1.82, 2.24) is 20.2 Å². The molecule has 2 unspecified atom stereocenters. The number of rotatable bonds is 10. The Kier molecular flexibility index (Phi) is 10.3. The summed E-state index contributed by atoms with van der Waals surface area (Å²) in [6, 6.07) is 5.29. The molecule has 3 N–H and O–H groups in total. The first-order chi connectivity index (χ1) is 17.6. The number of hydrogen-bond donors (Lipinski definition) is 2. The van der Waals surface area contributed by atoms with E-state index in [0.29, 0.717) is 38.5 Å². The third kappa shape index (κ3) is 9.64. The van der Waals surface area contributed by atoms with Gasteiger partial charge in [0.2, 0.25) is 5.91 Å². The van der Waals surface area contributed by atoms with Crippen molar-refractivity contribution < 1.29 is 19.1 Å². The van der Waals surface area contributed by atoms with Crippen molar-refractivity contribution in [1.29, 1.82) is 0 Å². The van der Waals surface area contributed by atoms with Crippen LogP contribution in [0.4, 0.5) is 4.79 Å². The monoisotopic (exact) mass is 511 g/mol. The van der Waals surface area contributed by atoms with Gasteiger partial charge in [-0.25, -0.2) is 4.79 Å². The van der Waals surface area contributed by atoms with Crippen LogP contribution in [0.2, 0.25) is 0 Å². The number of amides is 2. The smallest absolute Gasteiger partial charge is 0.410 e. The minimum absolute atomic E-state index is 0.193. The summed E-state index contributed by atoms with van der Waals surface area (Å²) in [7, 11) is 0. The molecule has 1 aromatic heterocycles. The highest BCUT2D eigenvalue weighted by atomic mass is 16.6. The van der Waals surface area contributed by atoms with Crippen LogP contribution in [0, 0.1) is 12.8 Å². The molecular formula is C28H41N5O4. The van der Waals surface area contributed by atoms with Crippen LogP contribution in [0.3, 0.4) is 0 Å². The van der Waals surface area contributed by atoms with Crippen molar-refractivity contribution in [2.24, 2.45) is 11.7 Å². The van der Waals surface area contributed by atoms with E-state index in [1.165, 1.54) is 0 Å². The van der Waals surface area contributed by atoms with Gasteiger partial charge in [-0.05, 0) is 89.0 Å². The first kappa shape index (κ1) is 28.4. The predicted molar refractivity (Wildman–Crippen MR) is 142 cm³/mol. The fraction of sp³-hybridized carbons (Fsp3) is 0.571. The number of piperidine rings is 1. The highest BCUT2D eigenvalue weighted by Gasteiger charge is 2.27. The fourth-order valence-corrected chi connectivity index (χ4v) is 4.27. The molecule has 1 aliphatic heterocycles. The van der Waals surface area contributed by atoms with Crippen molar-refractivity contribution in [3.63, 3.8) is 0 Å². The molecule has 202 valence electrons. The van der Waals surface area contributed by atoms with Crippen LogP contribution in [-0.2, 0) is 22.5 Å². The third-order valence-corrected chi connectivity index (χ3v) is 6.40. The molecule has 9 nitrogen and oxygen atoms in total. The largest absolute Gasteiger partial charge is 0.494 e. The van der Waals surface area contributed by atoms with E-state index < -0.39 is 11.6 Å². The lowest BCUT2D eigenvalue weighted by atomic mass is 9.95. The zero-order valence-corrected chi connectivity index (χ0v) is 22.5. The molecule has 1 aromatic carbocycles. The molecule has 9 heteroatoms. The Hall–Kier alpha value is -3.20. The molecule has 2 aromatic rings. The highest BCUT2D eigenvalue weighted by Crippen LogP contribution is 2.23. The Morgan fingerprint density at radius 3 is 2.81 bits per heavy atom. The summed E-state index contributed by atoms with van der Waals surface area (Å²) in [5, 5.41) is 2.94. The Bertz CT molecular complexity index is 1020. The molecule has 0 aliphatic carbocycles. The van der Waals surface area contributed by atoms with Crippen molar-refractivity contribution in [3.05, 3.63) is 53.6 Å². The number of likely N-dealkylation sites (tertiary alicyclic amines) is 1. The van der Waals surface area contributed by atoms with Gasteiger partial charge in [0.05, 0.1) is 18.3 Å². The molecule has 0 bridgehead atoms. The Balaban J connectivity index is 1.43. The first-order valence-electron chi connectivity index (χ1n) is 13.1. The topological polar surface area (TPSA) is 120 Å². The Morgan fingerprint density at radius 2 is 2.08 bits per heavy atom. The summed E-state index contributed by atoms with van der Waals surface area (Å²) in [5.74, 6) is 0.955. The number of carbonyl (C=O) groups excluding carboxylic acids is 2. The van der Waals surface area contributed by atoms with Gasteiger partial charge in [0.25, 0.3) is 0 Å². The molecule has 1 fully saturated rings. The number of ether oxygens (including phenoxy) is 2. The van der Waals surface area contributed by atoms with Crippen LogP contribution in [0.25, 0.3) is 0 Å². The number of hydrogen-bond acceptors (Lipinski definition) is 7. The van der Waals surface area contributed by atoms with Crippen molar-refractivity contribution in [2.75, 3.05) is 19.7 Å². The maximum atomic E-state index is 12.5. The van der Waals surface area contributed by atoms with E-state index in [1.807, 2.05) is 50.8 Å². The minimum atomic E-state index is -0.613. The first-order valence-corrected chi connectivity index (χ1v) is 13.1. The van der Waals surface area contributed by atoms with Crippen molar-refractivity contribution in [3.8, 4) is 5.75 Å². The fourth-order valence-electron chi connectivity index (χ4n) is 4.27. The predicted octanol–water partition coefficient (Wildman–Crippen LogP) is 3.78. The molecule has 2 amide bonds. The van der Waals surface area contributed by atoms with Gasteiger partial charge in [0.1, 0.15) is 11.4 Å². The molecule has 0 saturated carbocycles. The van der Waals surface area contributed by atoms with Gasteiger partial charge in [-0.15, -0.1) is 0 Å². The lowest BCUT2D eigenvalue weighted by Gasteiger charge is -2.34. The number of benzene rings is 1. The maximum Gasteiger partial charge on any atom is 0.410 e. The molecule has 0 radical (unpaired) electrons. The minimum Gasteiger partial charge on any atom is -0.494 e. The van der Waals surface area contributed by atoms with E-state index in [1.54, 1.807) is 18.6 Å². The van der Waals surface area contributed by atoms with Crippen LogP contribution in [0.1, 0.15) is 63.3 Å². The number of nitrogens with zero attached hydrogens (tertiary/aromatic N) is 3. The molecule has 2 heterocycles. The second-order valence-electron chi connectivity index (χ2n) is 10.7. The highest BCUT2D eigenvalue weighted by molar-refractivity contribution is 5.81. The summed E-state index contributed by atoms with van der Waals surface area (Å²) in [5.41, 5.74) is 8.46. The SMILES string of the molecule is Cc1ccc(OCCC2CCCN(C(=O)OC(C)(C)C)C2)cc1CNC(=O)C(N)CCc1cnccn1. The molecule has 2 atom stereocenters. The average Bonchev–Trinajstić information content (AvgIpc) is 2.87. The summed E-state index contributed by atoms with van der Waals surface area (Å²) >= 11 is 0. The summed E-state index contributed by atoms with van der Waals surface area (Å²) in [4.78, 5) is 35.0. The standard InChI is InChI=1S/C28H41N5O4/c1-20-7-9-24(36-15-11-21-6-5-14-33(19-21)27(35)37-28(2,3)4)16-22(20)17-32-26(34)25(29)10-8-23-18-30-12-13-31-23/h7,9,12-13,16,18,21,25H,5-6,8,10-11,14-15,17,19,29H2,1-4H3,(H,32,34). The molecule has 1 saturated heterocycles. The second kappa shape index (κ2) is 13.4. The lowest BCUT2D eigenvalue weighted by Crippen LogP contribution is -2.43. The quantitative estimate of drug-likeness (QED) is 0.498. The summed E-state index contributed by atoms with van der Waals surface area (Å²) in [6.07, 6.45) is 8.70. The Morgan fingerprint density at radius 1 is 1.27 bits per heavy atom. The lowest BCUT2D eigenvalue weighted by molar-refractivity contribution is -0.122. The van der Waals surface area contributed by atoms with Crippen molar-refractivity contribution in [2.45, 2.75) is 78.0 Å². The van der Waals surface area contributed by atoms with Gasteiger partial charge >= 0.3 is 6.09 Å². The normalized spacial score (nSPS) is 16.7. The van der Waals surface area contributed by atoms with Crippen LogP contribution >= 0.6 is 0 Å². The van der Waals surface area contributed by atoms with Gasteiger partial charge in [0.15, 0.2) is 0 Å². The van der Waals surface area contributed by atoms with Gasteiger partial charge in [-0.1, -0.05) is 6.07 Å². The molecule has 0 spiro atoms. The van der Waals surface area contributed by atoms with E-state index >= 15 is 0 Å².